The number of carbonyl (C=O) groups is 2. The fourth-order valence-corrected chi connectivity index (χ4v) is 3.12. The zero-order chi connectivity index (χ0) is 14.2. The molecule has 0 radical (unpaired) electrons. The van der Waals surface area contributed by atoms with Gasteiger partial charge in [0.1, 0.15) is 0 Å². The number of ether oxygens (including phenoxy) is 1. The highest BCUT2D eigenvalue weighted by molar-refractivity contribution is 6.27. The molecular formula is C15H18N2O3. The smallest absolute Gasteiger partial charge is 0.253 e. The average molecular weight is 274 g/mol. The van der Waals surface area contributed by atoms with Gasteiger partial charge >= 0.3 is 0 Å². The Hall–Kier alpha value is -1.72. The molecule has 106 valence electrons. The minimum Gasteiger partial charge on any atom is -0.379 e. The fraction of sp³-hybridized carbons (Fsp3) is 0.467. The van der Waals surface area contributed by atoms with Crippen molar-refractivity contribution in [2.45, 2.75) is 18.9 Å². The average Bonchev–Trinajstić information content (AvgIpc) is 2.49. The summed E-state index contributed by atoms with van der Waals surface area (Å²) >= 11 is 0. The van der Waals surface area contributed by atoms with Crippen LogP contribution in [-0.4, -0.2) is 48.4 Å². The predicted molar refractivity (Wildman–Crippen MR) is 74.8 cm³/mol. The molecule has 5 heteroatoms. The van der Waals surface area contributed by atoms with Crippen LogP contribution in [0.5, 0.6) is 0 Å². The second-order valence-electron chi connectivity index (χ2n) is 5.14. The Morgan fingerprint density at radius 1 is 1.25 bits per heavy atom. The highest BCUT2D eigenvalue weighted by Crippen LogP contribution is 2.34. The van der Waals surface area contributed by atoms with Crippen molar-refractivity contribution < 1.29 is 14.3 Å². The first-order chi connectivity index (χ1) is 9.70. The van der Waals surface area contributed by atoms with Gasteiger partial charge in [-0.3, -0.25) is 14.5 Å². The summed E-state index contributed by atoms with van der Waals surface area (Å²) in [6, 6.07) is 7.19. The number of morpholine rings is 1. The maximum absolute atomic E-state index is 12.9. The summed E-state index contributed by atoms with van der Waals surface area (Å²) in [6.45, 7) is 4.22. The van der Waals surface area contributed by atoms with Crippen LogP contribution in [0.4, 0.5) is 5.69 Å². The standard InChI is InChI=1S/C15H18N2O3/c1-2-15(17-7-9-20-10-8-17)13(18)11-5-3-4-6-12(11)16-14(15)19/h3-6H,2,7-10H2,1H3,(H,16,19). The lowest BCUT2D eigenvalue weighted by atomic mass is 9.80. The third-order valence-electron chi connectivity index (χ3n) is 4.23. The first-order valence-electron chi connectivity index (χ1n) is 6.98. The molecule has 1 saturated heterocycles. The zero-order valence-corrected chi connectivity index (χ0v) is 11.5. The van der Waals surface area contributed by atoms with Crippen molar-refractivity contribution in [3.05, 3.63) is 29.8 Å². The number of carbonyl (C=O) groups excluding carboxylic acids is 2. The maximum atomic E-state index is 12.9. The third-order valence-corrected chi connectivity index (χ3v) is 4.23. The number of nitrogens with one attached hydrogen (secondary N) is 1. The number of anilines is 1. The SMILES string of the molecule is CCC1(N2CCOCC2)C(=O)Nc2ccccc2C1=O. The molecule has 1 atom stereocenters. The van der Waals surface area contributed by atoms with Gasteiger partial charge in [0.05, 0.1) is 18.9 Å². The molecule has 0 aromatic heterocycles. The quantitative estimate of drug-likeness (QED) is 0.826. The number of hydrogen-bond donors (Lipinski definition) is 1. The number of para-hydroxylation sites is 1. The van der Waals surface area contributed by atoms with Gasteiger partial charge in [-0.05, 0) is 18.6 Å². The largest absolute Gasteiger partial charge is 0.379 e. The number of amides is 1. The van der Waals surface area contributed by atoms with Gasteiger partial charge in [0.2, 0.25) is 0 Å². The van der Waals surface area contributed by atoms with Crippen LogP contribution in [0.3, 0.4) is 0 Å². The maximum Gasteiger partial charge on any atom is 0.253 e. The number of nitrogens with zero attached hydrogens (tertiary/aromatic N) is 1. The van der Waals surface area contributed by atoms with E-state index in [1.54, 1.807) is 12.1 Å². The van der Waals surface area contributed by atoms with Gasteiger partial charge in [0, 0.05) is 18.7 Å². The molecule has 1 aromatic carbocycles. The van der Waals surface area contributed by atoms with Gasteiger partial charge in [-0.15, -0.1) is 0 Å². The summed E-state index contributed by atoms with van der Waals surface area (Å²) in [5, 5.41) is 2.89. The van der Waals surface area contributed by atoms with E-state index in [0.29, 0.717) is 44.0 Å². The van der Waals surface area contributed by atoms with Crippen molar-refractivity contribution >= 4 is 17.4 Å². The Balaban J connectivity index is 2.06. The van der Waals surface area contributed by atoms with Gasteiger partial charge in [0.15, 0.2) is 11.3 Å². The molecule has 1 fully saturated rings. The summed E-state index contributed by atoms with van der Waals surface area (Å²) in [5.74, 6) is -0.313. The number of benzene rings is 1. The minimum atomic E-state index is -1.09. The van der Waals surface area contributed by atoms with E-state index in [9.17, 15) is 9.59 Å². The molecule has 1 unspecified atom stereocenters. The highest BCUT2D eigenvalue weighted by Gasteiger charge is 2.52. The highest BCUT2D eigenvalue weighted by atomic mass is 16.5. The van der Waals surface area contributed by atoms with Crippen LogP contribution in [0.25, 0.3) is 0 Å². The Morgan fingerprint density at radius 3 is 2.65 bits per heavy atom. The molecule has 0 spiro atoms. The molecule has 1 aromatic rings. The Labute approximate surface area is 117 Å². The summed E-state index contributed by atoms with van der Waals surface area (Å²) in [7, 11) is 0. The third kappa shape index (κ3) is 1.77. The summed E-state index contributed by atoms with van der Waals surface area (Å²) in [4.78, 5) is 27.5. The Kier molecular flexibility index (Phi) is 3.31. The van der Waals surface area contributed by atoms with Crippen molar-refractivity contribution in [1.29, 1.82) is 0 Å². The van der Waals surface area contributed by atoms with E-state index in [2.05, 4.69) is 5.32 Å². The molecule has 0 bridgehead atoms. The zero-order valence-electron chi connectivity index (χ0n) is 11.5. The van der Waals surface area contributed by atoms with Crippen molar-refractivity contribution in [2.24, 2.45) is 0 Å². The minimum absolute atomic E-state index is 0.0961. The van der Waals surface area contributed by atoms with E-state index in [4.69, 9.17) is 4.74 Å². The van der Waals surface area contributed by atoms with Gasteiger partial charge in [0.25, 0.3) is 5.91 Å². The van der Waals surface area contributed by atoms with Crippen molar-refractivity contribution in [3.8, 4) is 0 Å². The van der Waals surface area contributed by atoms with Gasteiger partial charge < -0.3 is 10.1 Å². The number of hydrogen-bond acceptors (Lipinski definition) is 4. The first kappa shape index (κ1) is 13.3. The monoisotopic (exact) mass is 274 g/mol. The van der Waals surface area contributed by atoms with Crippen molar-refractivity contribution in [3.63, 3.8) is 0 Å². The van der Waals surface area contributed by atoms with Crippen molar-refractivity contribution in [1.82, 2.24) is 4.90 Å². The molecule has 0 saturated carbocycles. The first-order valence-corrected chi connectivity index (χ1v) is 6.98. The predicted octanol–water partition coefficient (Wildman–Crippen LogP) is 1.30. The molecule has 1 N–H and O–H groups in total. The van der Waals surface area contributed by atoms with E-state index < -0.39 is 5.54 Å². The topological polar surface area (TPSA) is 58.6 Å². The molecule has 2 aliphatic heterocycles. The van der Waals surface area contributed by atoms with Gasteiger partial charge in [-0.25, -0.2) is 0 Å². The van der Waals surface area contributed by atoms with Crippen LogP contribution >= 0.6 is 0 Å². The van der Waals surface area contributed by atoms with Crippen LogP contribution < -0.4 is 5.32 Å². The Bertz CT molecular complexity index is 552. The van der Waals surface area contributed by atoms with Gasteiger partial charge in [-0.1, -0.05) is 19.1 Å². The summed E-state index contributed by atoms with van der Waals surface area (Å²) in [5.41, 5.74) is 0.123. The van der Waals surface area contributed by atoms with Crippen LogP contribution in [0.15, 0.2) is 24.3 Å². The van der Waals surface area contributed by atoms with Crippen LogP contribution in [-0.2, 0) is 9.53 Å². The molecule has 1 amide bonds. The van der Waals surface area contributed by atoms with E-state index in [-0.39, 0.29) is 11.7 Å². The second kappa shape index (κ2) is 5.00. The molecular weight excluding hydrogens is 256 g/mol. The molecule has 0 aliphatic carbocycles. The van der Waals surface area contributed by atoms with Crippen LogP contribution in [0.2, 0.25) is 0 Å². The number of Topliss-reactive ketones (excluding diaryl/α,β-unsaturated/α-hetero) is 1. The second-order valence-corrected chi connectivity index (χ2v) is 5.14. The molecule has 5 nitrogen and oxygen atoms in total. The summed E-state index contributed by atoms with van der Waals surface area (Å²) in [6.07, 6.45) is 0.464. The van der Waals surface area contributed by atoms with E-state index in [0.717, 1.165) is 0 Å². The lowest BCUT2D eigenvalue weighted by Crippen LogP contribution is -2.65. The van der Waals surface area contributed by atoms with E-state index in [1.165, 1.54) is 0 Å². The summed E-state index contributed by atoms with van der Waals surface area (Å²) < 4.78 is 5.34. The molecule has 3 rings (SSSR count). The Morgan fingerprint density at radius 2 is 1.95 bits per heavy atom. The van der Waals surface area contributed by atoms with Gasteiger partial charge in [-0.2, -0.15) is 0 Å². The van der Waals surface area contributed by atoms with Crippen LogP contribution in [0, 0.1) is 0 Å². The van der Waals surface area contributed by atoms with Crippen molar-refractivity contribution in [2.75, 3.05) is 31.6 Å². The van der Waals surface area contributed by atoms with E-state index in [1.807, 2.05) is 24.0 Å². The molecule has 20 heavy (non-hydrogen) atoms. The van der Waals surface area contributed by atoms with E-state index >= 15 is 0 Å². The molecule has 2 aliphatic rings. The molecule has 2 heterocycles. The lowest BCUT2D eigenvalue weighted by Gasteiger charge is -2.44. The number of rotatable bonds is 2. The van der Waals surface area contributed by atoms with Crippen LogP contribution in [0.1, 0.15) is 23.7 Å². The normalized spacial score (nSPS) is 27.1. The number of ketones is 1. The number of fused-ring (bicyclic) bond motifs is 1. The fourth-order valence-electron chi connectivity index (χ4n) is 3.12. The lowest BCUT2D eigenvalue weighted by molar-refractivity contribution is -0.128.